The molecule has 8 heteroatoms. The molecule has 1 atom stereocenters. The molecule has 1 unspecified atom stereocenters. The average Bonchev–Trinajstić information content (AvgIpc) is 2.67. The Hall–Kier alpha value is -1.22. The van der Waals surface area contributed by atoms with E-state index >= 15 is 0 Å². The van der Waals surface area contributed by atoms with Gasteiger partial charge in [-0.05, 0) is 37.4 Å². The van der Waals surface area contributed by atoms with Crippen molar-refractivity contribution in [3.8, 4) is 0 Å². The summed E-state index contributed by atoms with van der Waals surface area (Å²) in [6, 6.07) is 6.09. The minimum Gasteiger partial charge on any atom is -0.354 e. The number of piperazine rings is 1. The number of sulfonamides is 1. The summed E-state index contributed by atoms with van der Waals surface area (Å²) in [6.07, 6.45) is 5.62. The summed E-state index contributed by atoms with van der Waals surface area (Å²) in [7, 11) is -1.41. The second-order valence-corrected chi connectivity index (χ2v) is 9.96. The van der Waals surface area contributed by atoms with Crippen molar-refractivity contribution < 1.29 is 8.42 Å². The maximum absolute atomic E-state index is 11.6. The molecule has 3 rings (SSSR count). The molecule has 0 bridgehead atoms. The number of piperidine rings is 1. The van der Waals surface area contributed by atoms with Gasteiger partial charge in [-0.1, -0.05) is 6.07 Å². The number of pyridine rings is 1. The number of rotatable bonds is 7. The molecule has 0 aromatic carbocycles. The third-order valence-corrected chi connectivity index (χ3v) is 7.08. The Kier molecular flexibility index (Phi) is 7.08. The molecule has 2 aliphatic heterocycles. The van der Waals surface area contributed by atoms with E-state index in [0.717, 1.165) is 58.2 Å². The zero-order chi connectivity index (χ0) is 19.3. The van der Waals surface area contributed by atoms with Crippen molar-refractivity contribution in [3.63, 3.8) is 0 Å². The molecule has 2 fully saturated rings. The third kappa shape index (κ3) is 6.14. The van der Waals surface area contributed by atoms with E-state index in [9.17, 15) is 8.42 Å². The van der Waals surface area contributed by atoms with Crippen molar-refractivity contribution in [1.82, 2.24) is 19.1 Å². The van der Waals surface area contributed by atoms with Crippen LogP contribution in [0.15, 0.2) is 24.4 Å². The standard InChI is InChI=1S/C19H33N5O2S/c1-21(27(2,25)26)10-11-22-9-5-6-18(16-22)17-23-12-14-24(15-13-23)19-7-3-4-8-20-19/h3-4,7-8,18H,5-6,9-17H2,1-2H3. The Bertz CT molecular complexity index is 677. The van der Waals surface area contributed by atoms with Crippen LogP contribution >= 0.6 is 0 Å². The van der Waals surface area contributed by atoms with E-state index in [1.807, 2.05) is 18.3 Å². The van der Waals surface area contributed by atoms with Crippen molar-refractivity contribution in [2.75, 3.05) is 77.1 Å². The SMILES string of the molecule is CN(CCN1CCCC(CN2CCN(c3ccccn3)CC2)C1)S(C)(=O)=O. The molecule has 0 N–H and O–H groups in total. The predicted molar refractivity (Wildman–Crippen MR) is 110 cm³/mol. The zero-order valence-corrected chi connectivity index (χ0v) is 17.4. The second kappa shape index (κ2) is 9.32. The van der Waals surface area contributed by atoms with Gasteiger partial charge < -0.3 is 9.80 Å². The van der Waals surface area contributed by atoms with Crippen LogP contribution in [-0.4, -0.2) is 99.7 Å². The van der Waals surface area contributed by atoms with E-state index in [4.69, 9.17) is 0 Å². The summed E-state index contributed by atoms with van der Waals surface area (Å²) in [4.78, 5) is 11.8. The van der Waals surface area contributed by atoms with Gasteiger partial charge in [0.25, 0.3) is 0 Å². The first kappa shape index (κ1) is 20.5. The number of anilines is 1. The summed E-state index contributed by atoms with van der Waals surface area (Å²) in [5, 5.41) is 0. The highest BCUT2D eigenvalue weighted by molar-refractivity contribution is 7.88. The number of aromatic nitrogens is 1. The lowest BCUT2D eigenvalue weighted by molar-refractivity contribution is 0.126. The molecule has 0 saturated carbocycles. The zero-order valence-electron chi connectivity index (χ0n) is 16.6. The average molecular weight is 396 g/mol. The van der Waals surface area contributed by atoms with Crippen molar-refractivity contribution in [1.29, 1.82) is 0 Å². The van der Waals surface area contributed by atoms with Gasteiger partial charge in [0.15, 0.2) is 0 Å². The molecule has 3 heterocycles. The van der Waals surface area contributed by atoms with E-state index in [1.54, 1.807) is 7.05 Å². The molecule has 1 aromatic heterocycles. The highest BCUT2D eigenvalue weighted by Gasteiger charge is 2.25. The van der Waals surface area contributed by atoms with Gasteiger partial charge in [-0.25, -0.2) is 17.7 Å². The molecule has 0 aliphatic carbocycles. The Balaban J connectivity index is 1.41. The quantitative estimate of drug-likeness (QED) is 0.681. The summed E-state index contributed by atoms with van der Waals surface area (Å²) >= 11 is 0. The maximum atomic E-state index is 11.6. The number of hydrogen-bond donors (Lipinski definition) is 0. The van der Waals surface area contributed by atoms with Crippen LogP contribution in [0.25, 0.3) is 0 Å². The van der Waals surface area contributed by atoms with Crippen LogP contribution in [0.3, 0.4) is 0 Å². The smallest absolute Gasteiger partial charge is 0.210 e. The largest absolute Gasteiger partial charge is 0.354 e. The molecule has 0 amide bonds. The Morgan fingerprint density at radius 1 is 1.15 bits per heavy atom. The minimum absolute atomic E-state index is 0.578. The molecule has 0 radical (unpaired) electrons. The van der Waals surface area contributed by atoms with Gasteiger partial charge in [0.05, 0.1) is 6.26 Å². The van der Waals surface area contributed by atoms with Gasteiger partial charge in [-0.2, -0.15) is 0 Å². The molecule has 7 nitrogen and oxygen atoms in total. The number of likely N-dealkylation sites (tertiary alicyclic amines) is 1. The predicted octanol–water partition coefficient (Wildman–Crippen LogP) is 0.807. The van der Waals surface area contributed by atoms with Gasteiger partial charge in [0.1, 0.15) is 5.82 Å². The molecule has 0 spiro atoms. The fourth-order valence-corrected chi connectivity index (χ4v) is 4.43. The fourth-order valence-electron chi connectivity index (χ4n) is 4.02. The van der Waals surface area contributed by atoms with Crippen LogP contribution in [0.4, 0.5) is 5.82 Å². The lowest BCUT2D eigenvalue weighted by Crippen LogP contribution is -2.50. The van der Waals surface area contributed by atoms with Gasteiger partial charge in [0, 0.05) is 65.6 Å². The number of likely N-dealkylation sites (N-methyl/N-ethyl adjacent to an activating group) is 1. The van der Waals surface area contributed by atoms with Crippen molar-refractivity contribution >= 4 is 15.8 Å². The van der Waals surface area contributed by atoms with Crippen LogP contribution < -0.4 is 4.90 Å². The first-order chi connectivity index (χ1) is 12.9. The van der Waals surface area contributed by atoms with E-state index in [2.05, 4.69) is 25.8 Å². The van der Waals surface area contributed by atoms with E-state index in [0.29, 0.717) is 12.5 Å². The molecule has 2 aliphatic rings. The molecule has 152 valence electrons. The topological polar surface area (TPSA) is 60.0 Å². The summed E-state index contributed by atoms with van der Waals surface area (Å²) in [5.41, 5.74) is 0. The number of nitrogens with zero attached hydrogens (tertiary/aromatic N) is 5. The third-order valence-electron chi connectivity index (χ3n) is 5.76. The Labute approximate surface area is 164 Å². The lowest BCUT2D eigenvalue weighted by Gasteiger charge is -2.39. The molecule has 27 heavy (non-hydrogen) atoms. The molecular formula is C19H33N5O2S. The Morgan fingerprint density at radius 2 is 1.93 bits per heavy atom. The van der Waals surface area contributed by atoms with Crippen LogP contribution in [0.1, 0.15) is 12.8 Å². The van der Waals surface area contributed by atoms with E-state index < -0.39 is 10.0 Å². The van der Waals surface area contributed by atoms with Gasteiger partial charge in [0.2, 0.25) is 10.0 Å². The normalized spacial score (nSPS) is 23.1. The van der Waals surface area contributed by atoms with E-state index in [1.165, 1.54) is 23.4 Å². The van der Waals surface area contributed by atoms with Crippen LogP contribution in [0.5, 0.6) is 0 Å². The van der Waals surface area contributed by atoms with Gasteiger partial charge in [-0.15, -0.1) is 0 Å². The van der Waals surface area contributed by atoms with Crippen LogP contribution in [-0.2, 0) is 10.0 Å². The van der Waals surface area contributed by atoms with Crippen molar-refractivity contribution in [3.05, 3.63) is 24.4 Å². The Morgan fingerprint density at radius 3 is 2.59 bits per heavy atom. The first-order valence-corrected chi connectivity index (χ1v) is 11.8. The minimum atomic E-state index is -3.08. The summed E-state index contributed by atoms with van der Waals surface area (Å²) in [6.45, 7) is 8.96. The lowest BCUT2D eigenvalue weighted by atomic mass is 9.97. The molecule has 2 saturated heterocycles. The summed E-state index contributed by atoms with van der Waals surface area (Å²) in [5.74, 6) is 1.76. The maximum Gasteiger partial charge on any atom is 0.210 e. The second-order valence-electron chi connectivity index (χ2n) is 7.87. The molecule has 1 aromatic rings. The highest BCUT2D eigenvalue weighted by Crippen LogP contribution is 2.19. The highest BCUT2D eigenvalue weighted by atomic mass is 32.2. The van der Waals surface area contributed by atoms with Crippen molar-refractivity contribution in [2.45, 2.75) is 12.8 Å². The van der Waals surface area contributed by atoms with Crippen LogP contribution in [0, 0.1) is 5.92 Å². The molecular weight excluding hydrogens is 362 g/mol. The first-order valence-electron chi connectivity index (χ1n) is 9.94. The van der Waals surface area contributed by atoms with Crippen LogP contribution in [0.2, 0.25) is 0 Å². The van der Waals surface area contributed by atoms with Gasteiger partial charge in [-0.3, -0.25) is 4.90 Å². The fraction of sp³-hybridized carbons (Fsp3) is 0.737. The summed E-state index contributed by atoms with van der Waals surface area (Å²) < 4.78 is 24.6. The monoisotopic (exact) mass is 395 g/mol. The van der Waals surface area contributed by atoms with Crippen molar-refractivity contribution in [2.24, 2.45) is 5.92 Å². The van der Waals surface area contributed by atoms with E-state index in [-0.39, 0.29) is 0 Å². The number of hydrogen-bond acceptors (Lipinski definition) is 6. The van der Waals surface area contributed by atoms with Gasteiger partial charge >= 0.3 is 0 Å².